The zero-order valence-electron chi connectivity index (χ0n) is 12.5. The molecule has 2 aliphatic rings. The Morgan fingerprint density at radius 3 is 2.83 bits per heavy atom. The smallest absolute Gasteiger partial charge is 0.00503 e. The first-order valence-corrected chi connectivity index (χ1v) is 8.10. The van der Waals surface area contributed by atoms with Crippen molar-refractivity contribution in [2.75, 3.05) is 26.2 Å². The van der Waals surface area contributed by atoms with Crippen LogP contribution in [0.5, 0.6) is 0 Å². The molecule has 1 saturated heterocycles. The summed E-state index contributed by atoms with van der Waals surface area (Å²) in [5, 5.41) is 0. The highest BCUT2D eigenvalue weighted by molar-refractivity contribution is 4.90. The Bertz CT molecular complexity index is 253. The molecule has 0 radical (unpaired) electrons. The van der Waals surface area contributed by atoms with Crippen LogP contribution in [-0.4, -0.2) is 31.1 Å². The molecule has 1 aliphatic heterocycles. The number of rotatable bonds is 5. The number of hydrogen-bond donors (Lipinski definition) is 1. The lowest BCUT2D eigenvalue weighted by atomic mass is 9.70. The number of nitrogens with two attached hydrogens (primary N) is 1. The zero-order valence-corrected chi connectivity index (χ0v) is 12.5. The molecule has 18 heavy (non-hydrogen) atoms. The first-order chi connectivity index (χ1) is 8.67. The van der Waals surface area contributed by atoms with Crippen molar-refractivity contribution in [1.82, 2.24) is 4.90 Å². The van der Waals surface area contributed by atoms with Gasteiger partial charge in [0.25, 0.3) is 0 Å². The van der Waals surface area contributed by atoms with E-state index in [1.807, 2.05) is 0 Å². The quantitative estimate of drug-likeness (QED) is 0.814. The molecule has 0 spiro atoms. The first-order valence-electron chi connectivity index (χ1n) is 8.10. The molecule has 2 heteroatoms. The highest BCUT2D eigenvalue weighted by Gasteiger charge is 2.36. The number of likely N-dealkylation sites (tertiary alicyclic amines) is 1. The Labute approximate surface area is 113 Å². The molecule has 1 saturated carbocycles. The van der Waals surface area contributed by atoms with Crippen LogP contribution >= 0.6 is 0 Å². The predicted molar refractivity (Wildman–Crippen MR) is 78.6 cm³/mol. The van der Waals surface area contributed by atoms with E-state index in [4.69, 9.17) is 5.73 Å². The summed E-state index contributed by atoms with van der Waals surface area (Å²) in [4.78, 5) is 2.71. The number of nitrogens with zero attached hydrogens (tertiary/aromatic N) is 1. The third kappa shape index (κ3) is 3.48. The Morgan fingerprint density at radius 2 is 2.17 bits per heavy atom. The molecule has 1 aliphatic carbocycles. The minimum absolute atomic E-state index is 0.443. The van der Waals surface area contributed by atoms with E-state index in [-0.39, 0.29) is 0 Å². The van der Waals surface area contributed by atoms with Crippen LogP contribution in [0, 0.1) is 17.3 Å². The standard InChI is InChI=1S/C16H32N2/c1-3-5-15-7-9-18(11-15)13-16(12-17)8-4-6-14(2)10-16/h14-15H,3-13,17H2,1-2H3. The monoisotopic (exact) mass is 252 g/mol. The molecule has 1 heterocycles. The largest absolute Gasteiger partial charge is 0.330 e. The fourth-order valence-electron chi connectivity index (χ4n) is 4.34. The highest BCUT2D eigenvalue weighted by Crippen LogP contribution is 2.40. The van der Waals surface area contributed by atoms with Gasteiger partial charge < -0.3 is 10.6 Å². The third-order valence-corrected chi connectivity index (χ3v) is 5.24. The van der Waals surface area contributed by atoms with E-state index in [9.17, 15) is 0 Å². The highest BCUT2D eigenvalue weighted by atomic mass is 15.2. The van der Waals surface area contributed by atoms with Crippen LogP contribution in [0.15, 0.2) is 0 Å². The van der Waals surface area contributed by atoms with Crippen LogP contribution < -0.4 is 5.73 Å². The van der Waals surface area contributed by atoms with E-state index in [2.05, 4.69) is 18.7 Å². The Balaban J connectivity index is 1.87. The van der Waals surface area contributed by atoms with Crippen molar-refractivity contribution in [1.29, 1.82) is 0 Å². The van der Waals surface area contributed by atoms with E-state index in [0.29, 0.717) is 5.41 Å². The van der Waals surface area contributed by atoms with E-state index < -0.39 is 0 Å². The van der Waals surface area contributed by atoms with Gasteiger partial charge in [-0.2, -0.15) is 0 Å². The molecule has 0 aromatic rings. The fourth-order valence-corrected chi connectivity index (χ4v) is 4.34. The molecule has 2 nitrogen and oxygen atoms in total. The van der Waals surface area contributed by atoms with Crippen LogP contribution in [0.2, 0.25) is 0 Å². The second kappa shape index (κ2) is 6.38. The molecular weight excluding hydrogens is 220 g/mol. The molecule has 106 valence electrons. The van der Waals surface area contributed by atoms with Gasteiger partial charge in [-0.15, -0.1) is 0 Å². The van der Waals surface area contributed by atoms with Crippen molar-refractivity contribution in [3.63, 3.8) is 0 Å². The molecular formula is C16H32N2. The average Bonchev–Trinajstić information content (AvgIpc) is 2.77. The topological polar surface area (TPSA) is 29.3 Å². The van der Waals surface area contributed by atoms with E-state index in [1.54, 1.807) is 0 Å². The van der Waals surface area contributed by atoms with Crippen LogP contribution in [0.3, 0.4) is 0 Å². The first kappa shape index (κ1) is 14.3. The van der Waals surface area contributed by atoms with Crippen LogP contribution in [-0.2, 0) is 0 Å². The van der Waals surface area contributed by atoms with Gasteiger partial charge in [0.15, 0.2) is 0 Å². The van der Waals surface area contributed by atoms with E-state index >= 15 is 0 Å². The zero-order chi connectivity index (χ0) is 13.0. The maximum absolute atomic E-state index is 6.15. The predicted octanol–water partition coefficient (Wildman–Crippen LogP) is 3.26. The SMILES string of the molecule is CCCC1CCN(CC2(CN)CCCC(C)C2)C1. The molecule has 3 unspecified atom stereocenters. The van der Waals surface area contributed by atoms with Gasteiger partial charge in [0.05, 0.1) is 0 Å². The average molecular weight is 252 g/mol. The summed E-state index contributed by atoms with van der Waals surface area (Å²) in [7, 11) is 0. The molecule has 0 bridgehead atoms. The summed E-state index contributed by atoms with van der Waals surface area (Å²) in [5.74, 6) is 1.85. The molecule has 2 fully saturated rings. The second-order valence-corrected chi connectivity index (χ2v) is 7.08. The van der Waals surface area contributed by atoms with Crippen molar-refractivity contribution in [3.05, 3.63) is 0 Å². The van der Waals surface area contributed by atoms with Gasteiger partial charge in [0.2, 0.25) is 0 Å². The van der Waals surface area contributed by atoms with Gasteiger partial charge in [-0.1, -0.05) is 33.1 Å². The molecule has 2 rings (SSSR count). The summed E-state index contributed by atoms with van der Waals surface area (Å²) >= 11 is 0. The second-order valence-electron chi connectivity index (χ2n) is 7.08. The van der Waals surface area contributed by atoms with E-state index in [1.165, 1.54) is 64.6 Å². The fraction of sp³-hybridized carbons (Fsp3) is 1.00. The van der Waals surface area contributed by atoms with E-state index in [0.717, 1.165) is 18.4 Å². The molecule has 0 aromatic heterocycles. The Hall–Kier alpha value is -0.0800. The van der Waals surface area contributed by atoms with Crippen LogP contribution in [0.4, 0.5) is 0 Å². The minimum Gasteiger partial charge on any atom is -0.330 e. The lowest BCUT2D eigenvalue weighted by Crippen LogP contribution is -2.44. The maximum atomic E-state index is 6.15. The summed E-state index contributed by atoms with van der Waals surface area (Å²) in [6, 6.07) is 0. The summed E-state index contributed by atoms with van der Waals surface area (Å²) in [6.45, 7) is 9.55. The van der Waals surface area contributed by atoms with Gasteiger partial charge in [0.1, 0.15) is 0 Å². The van der Waals surface area contributed by atoms with Gasteiger partial charge in [0, 0.05) is 13.1 Å². The van der Waals surface area contributed by atoms with Gasteiger partial charge >= 0.3 is 0 Å². The van der Waals surface area contributed by atoms with Gasteiger partial charge in [-0.3, -0.25) is 0 Å². The van der Waals surface area contributed by atoms with Crippen molar-refractivity contribution in [2.45, 2.75) is 58.8 Å². The van der Waals surface area contributed by atoms with Gasteiger partial charge in [-0.05, 0) is 56.0 Å². The van der Waals surface area contributed by atoms with Gasteiger partial charge in [-0.25, -0.2) is 0 Å². The van der Waals surface area contributed by atoms with Crippen molar-refractivity contribution >= 4 is 0 Å². The third-order valence-electron chi connectivity index (χ3n) is 5.24. The molecule has 2 N–H and O–H groups in total. The normalized spacial score (nSPS) is 38.2. The summed E-state index contributed by atoms with van der Waals surface area (Å²) in [5.41, 5.74) is 6.59. The Morgan fingerprint density at radius 1 is 1.33 bits per heavy atom. The Kier molecular flexibility index (Phi) is 5.08. The van der Waals surface area contributed by atoms with Crippen molar-refractivity contribution in [3.8, 4) is 0 Å². The van der Waals surface area contributed by atoms with Crippen LogP contribution in [0.1, 0.15) is 58.8 Å². The number of hydrogen-bond acceptors (Lipinski definition) is 2. The lowest BCUT2D eigenvalue weighted by molar-refractivity contribution is 0.0983. The minimum atomic E-state index is 0.443. The molecule has 0 aromatic carbocycles. The van der Waals surface area contributed by atoms with Crippen molar-refractivity contribution in [2.24, 2.45) is 23.0 Å². The summed E-state index contributed by atoms with van der Waals surface area (Å²) < 4.78 is 0. The maximum Gasteiger partial charge on any atom is 0.00503 e. The molecule has 3 atom stereocenters. The summed E-state index contributed by atoms with van der Waals surface area (Å²) in [6.07, 6.45) is 9.72. The van der Waals surface area contributed by atoms with Crippen molar-refractivity contribution < 1.29 is 0 Å². The molecule has 0 amide bonds. The lowest BCUT2D eigenvalue weighted by Gasteiger charge is -2.42. The van der Waals surface area contributed by atoms with Crippen LogP contribution in [0.25, 0.3) is 0 Å².